The average Bonchev–Trinajstić information content (AvgIpc) is 2.62. The molecule has 0 saturated carbocycles. The Bertz CT molecular complexity index is 1040. The summed E-state index contributed by atoms with van der Waals surface area (Å²) >= 11 is 0. The van der Waals surface area contributed by atoms with Crippen molar-refractivity contribution >= 4 is 27.5 Å². The fraction of sp³-hybridized carbons (Fsp3) is 0.200. The molecule has 1 heterocycles. The number of hydrogen-bond acceptors (Lipinski definition) is 4. The van der Waals surface area contributed by atoms with Crippen molar-refractivity contribution in [3.8, 4) is 11.5 Å². The fourth-order valence-corrected chi connectivity index (χ4v) is 3.91. The van der Waals surface area contributed by atoms with Crippen LogP contribution in [0.15, 0.2) is 70.3 Å². The summed E-state index contributed by atoms with van der Waals surface area (Å²) in [5.74, 6) is 1.01. The summed E-state index contributed by atoms with van der Waals surface area (Å²) in [6, 6.07) is 16.5. The van der Waals surface area contributed by atoms with Crippen LogP contribution in [0.2, 0.25) is 0 Å². The molecule has 0 aliphatic carbocycles. The minimum atomic E-state index is -3.67. The van der Waals surface area contributed by atoms with Crippen LogP contribution in [-0.4, -0.2) is 20.0 Å². The van der Waals surface area contributed by atoms with Crippen molar-refractivity contribution in [2.45, 2.75) is 26.7 Å². The maximum atomic E-state index is 12.4. The number of anilines is 1. The van der Waals surface area contributed by atoms with Crippen molar-refractivity contribution in [1.29, 1.82) is 0 Å². The molecular formula is C20H21N3O4S. The van der Waals surface area contributed by atoms with Gasteiger partial charge in [0.25, 0.3) is 0 Å². The number of allylic oxidation sites excluding steroid dienone is 2. The van der Waals surface area contributed by atoms with Gasteiger partial charge in [-0.15, -0.1) is 4.40 Å². The van der Waals surface area contributed by atoms with E-state index in [4.69, 9.17) is 4.74 Å². The minimum absolute atomic E-state index is 0.181. The third-order valence-electron chi connectivity index (χ3n) is 4.16. The number of amides is 1. The van der Waals surface area contributed by atoms with Crippen LogP contribution in [0.1, 0.15) is 26.7 Å². The second-order valence-electron chi connectivity index (χ2n) is 6.32. The van der Waals surface area contributed by atoms with Crippen LogP contribution in [0.5, 0.6) is 11.5 Å². The van der Waals surface area contributed by atoms with Crippen LogP contribution in [0.25, 0.3) is 0 Å². The first kappa shape index (κ1) is 19.6. The zero-order chi connectivity index (χ0) is 20.1. The number of carbonyl (C=O) groups is 1. The van der Waals surface area contributed by atoms with E-state index >= 15 is 0 Å². The Hall–Kier alpha value is -3.13. The van der Waals surface area contributed by atoms with E-state index in [-0.39, 0.29) is 12.3 Å². The van der Waals surface area contributed by atoms with Gasteiger partial charge in [-0.05, 0) is 50.1 Å². The van der Waals surface area contributed by atoms with Gasteiger partial charge >= 0.3 is 10.2 Å². The van der Waals surface area contributed by atoms with E-state index in [2.05, 4.69) is 14.4 Å². The topological polar surface area (TPSA) is 96.9 Å². The van der Waals surface area contributed by atoms with Crippen molar-refractivity contribution in [3.63, 3.8) is 0 Å². The van der Waals surface area contributed by atoms with Crippen LogP contribution in [0.3, 0.4) is 0 Å². The molecule has 0 aromatic heterocycles. The first-order valence-electron chi connectivity index (χ1n) is 8.75. The molecule has 0 fully saturated rings. The summed E-state index contributed by atoms with van der Waals surface area (Å²) in [7, 11) is -3.67. The summed E-state index contributed by atoms with van der Waals surface area (Å²) in [6.45, 7) is 3.28. The summed E-state index contributed by atoms with van der Waals surface area (Å²) in [4.78, 5) is 12.4. The van der Waals surface area contributed by atoms with Crippen molar-refractivity contribution in [1.82, 2.24) is 4.72 Å². The second-order valence-corrected chi connectivity index (χ2v) is 7.65. The van der Waals surface area contributed by atoms with Crippen LogP contribution in [0, 0.1) is 0 Å². The van der Waals surface area contributed by atoms with E-state index in [0.717, 1.165) is 5.57 Å². The van der Waals surface area contributed by atoms with Gasteiger partial charge in [-0.3, -0.25) is 9.52 Å². The van der Waals surface area contributed by atoms with Crippen LogP contribution in [0.4, 0.5) is 5.69 Å². The molecule has 0 unspecified atom stereocenters. The highest BCUT2D eigenvalue weighted by atomic mass is 32.2. The molecule has 2 N–H and O–H groups in total. The average molecular weight is 399 g/mol. The molecule has 0 spiro atoms. The molecule has 146 valence electrons. The van der Waals surface area contributed by atoms with Gasteiger partial charge in [0.15, 0.2) is 5.75 Å². The normalized spacial score (nSPS) is 15.4. The van der Waals surface area contributed by atoms with E-state index in [1.807, 2.05) is 42.5 Å². The molecule has 28 heavy (non-hydrogen) atoms. The van der Waals surface area contributed by atoms with Gasteiger partial charge in [0.1, 0.15) is 5.75 Å². The van der Waals surface area contributed by atoms with Gasteiger partial charge in [-0.2, -0.15) is 8.42 Å². The van der Waals surface area contributed by atoms with Gasteiger partial charge in [0.2, 0.25) is 5.91 Å². The van der Waals surface area contributed by atoms with Crippen molar-refractivity contribution < 1.29 is 17.9 Å². The summed E-state index contributed by atoms with van der Waals surface area (Å²) in [5, 5.41) is 2.85. The molecule has 2 aromatic carbocycles. The number of benzene rings is 2. The summed E-state index contributed by atoms with van der Waals surface area (Å²) in [5.41, 5.74) is 2.18. The quantitative estimate of drug-likeness (QED) is 0.772. The second kappa shape index (κ2) is 8.26. The molecule has 0 bridgehead atoms. The van der Waals surface area contributed by atoms with Gasteiger partial charge < -0.3 is 10.1 Å². The molecule has 0 radical (unpaired) electrons. The predicted octanol–water partition coefficient (Wildman–Crippen LogP) is 3.78. The smallest absolute Gasteiger partial charge is 0.342 e. The number of nitrogens with one attached hydrogen (secondary N) is 2. The lowest BCUT2D eigenvalue weighted by molar-refractivity contribution is -0.116. The van der Waals surface area contributed by atoms with Gasteiger partial charge in [0, 0.05) is 12.1 Å². The molecule has 1 aliphatic rings. The molecule has 7 nitrogen and oxygen atoms in total. The highest BCUT2D eigenvalue weighted by Gasteiger charge is 2.21. The van der Waals surface area contributed by atoms with E-state index in [1.54, 1.807) is 26.0 Å². The number of carbonyl (C=O) groups excluding carboxylic acids is 1. The molecule has 3 rings (SSSR count). The van der Waals surface area contributed by atoms with Crippen molar-refractivity contribution in [3.05, 3.63) is 65.9 Å². The zero-order valence-corrected chi connectivity index (χ0v) is 16.4. The Balaban J connectivity index is 1.65. The maximum absolute atomic E-state index is 12.4. The number of hydrogen-bond donors (Lipinski definition) is 2. The van der Waals surface area contributed by atoms with E-state index in [9.17, 15) is 13.2 Å². The SMILES string of the molecule is CC1=NS(=O)(=O)NC(C)=C1CCC(=O)Nc1ccccc1Oc1ccccc1. The lowest BCUT2D eigenvalue weighted by atomic mass is 10.0. The fourth-order valence-electron chi connectivity index (χ4n) is 2.88. The Kier molecular flexibility index (Phi) is 5.79. The molecule has 1 amide bonds. The first-order valence-corrected chi connectivity index (χ1v) is 10.2. The standard InChI is InChI=1S/C20H21N3O4S/c1-14-17(15(2)23-28(25,26)22-14)12-13-20(24)21-18-10-6-7-11-19(18)27-16-8-4-3-5-9-16/h3-11,22H,12-13H2,1-2H3,(H,21,24). The van der Waals surface area contributed by atoms with Crippen molar-refractivity contribution in [2.24, 2.45) is 4.40 Å². The lowest BCUT2D eigenvalue weighted by Gasteiger charge is -2.18. The number of para-hydroxylation sites is 3. The van der Waals surface area contributed by atoms with E-state index in [1.165, 1.54) is 0 Å². The van der Waals surface area contributed by atoms with Crippen LogP contribution in [-0.2, 0) is 15.0 Å². The van der Waals surface area contributed by atoms with Gasteiger partial charge in [-0.1, -0.05) is 30.3 Å². The largest absolute Gasteiger partial charge is 0.455 e. The zero-order valence-electron chi connectivity index (χ0n) is 15.6. The third-order valence-corrected chi connectivity index (χ3v) is 5.24. The minimum Gasteiger partial charge on any atom is -0.455 e. The monoisotopic (exact) mass is 399 g/mol. The van der Waals surface area contributed by atoms with E-state index < -0.39 is 10.2 Å². The highest BCUT2D eigenvalue weighted by molar-refractivity contribution is 7.88. The third kappa shape index (κ3) is 4.98. The maximum Gasteiger partial charge on any atom is 0.342 e. The van der Waals surface area contributed by atoms with Crippen LogP contribution >= 0.6 is 0 Å². The summed E-state index contributed by atoms with van der Waals surface area (Å²) < 4.78 is 35.0. The van der Waals surface area contributed by atoms with Crippen LogP contribution < -0.4 is 14.8 Å². The molecule has 2 aromatic rings. The van der Waals surface area contributed by atoms with E-state index in [0.29, 0.717) is 35.0 Å². The molecule has 8 heteroatoms. The Morgan fingerprint density at radius 1 is 1.07 bits per heavy atom. The van der Waals surface area contributed by atoms with Gasteiger partial charge in [0.05, 0.1) is 11.4 Å². The first-order chi connectivity index (χ1) is 13.3. The lowest BCUT2D eigenvalue weighted by Crippen LogP contribution is -2.28. The predicted molar refractivity (Wildman–Crippen MR) is 109 cm³/mol. The number of rotatable bonds is 6. The van der Waals surface area contributed by atoms with Crippen molar-refractivity contribution in [2.75, 3.05) is 5.32 Å². The Labute approximate surface area is 164 Å². The molecular weight excluding hydrogens is 378 g/mol. The Morgan fingerprint density at radius 2 is 1.75 bits per heavy atom. The number of ether oxygens (including phenoxy) is 1. The summed E-state index contributed by atoms with van der Waals surface area (Å²) in [6.07, 6.45) is 0.554. The highest BCUT2D eigenvalue weighted by Crippen LogP contribution is 2.29. The number of nitrogens with zero attached hydrogens (tertiary/aromatic N) is 1. The van der Waals surface area contributed by atoms with Gasteiger partial charge in [-0.25, -0.2) is 0 Å². The Morgan fingerprint density at radius 3 is 2.46 bits per heavy atom. The molecule has 0 atom stereocenters. The molecule has 1 aliphatic heterocycles. The molecule has 0 saturated heterocycles.